The third-order valence-corrected chi connectivity index (χ3v) is 4.84. The highest BCUT2D eigenvalue weighted by Crippen LogP contribution is 2.21. The molecule has 0 spiro atoms. The molecule has 0 atom stereocenters. The van der Waals surface area contributed by atoms with Crippen LogP contribution in [-0.4, -0.2) is 26.7 Å². The highest BCUT2D eigenvalue weighted by atomic mass is 32.2. The molecule has 0 heterocycles. The first-order chi connectivity index (χ1) is 9.38. The molecule has 0 bridgehead atoms. The topological polar surface area (TPSA) is 66.4 Å². The molecule has 114 valence electrons. The van der Waals surface area contributed by atoms with E-state index >= 15 is 0 Å². The summed E-state index contributed by atoms with van der Waals surface area (Å²) in [7, 11) is -3.60. The van der Waals surface area contributed by atoms with Crippen LogP contribution in [0.25, 0.3) is 0 Å². The maximum absolute atomic E-state index is 13.2. The van der Waals surface area contributed by atoms with E-state index in [0.717, 1.165) is 25.7 Å². The molecule has 1 aromatic carbocycles. The van der Waals surface area contributed by atoms with Gasteiger partial charge in [-0.3, -0.25) is 0 Å². The van der Waals surface area contributed by atoms with Crippen molar-refractivity contribution < 1.29 is 17.9 Å². The van der Waals surface area contributed by atoms with Crippen molar-refractivity contribution in [3.05, 3.63) is 29.1 Å². The Labute approximate surface area is 120 Å². The fourth-order valence-corrected chi connectivity index (χ4v) is 3.71. The molecule has 0 amide bonds. The van der Waals surface area contributed by atoms with E-state index in [2.05, 4.69) is 4.72 Å². The van der Waals surface area contributed by atoms with E-state index in [1.807, 2.05) is 0 Å². The zero-order chi connectivity index (χ0) is 15.2. The molecule has 0 radical (unpaired) electrons. The smallest absolute Gasteiger partial charge is 0.241 e. The zero-order valence-electron chi connectivity index (χ0n) is 11.9. The van der Waals surface area contributed by atoms with Gasteiger partial charge in [-0.05, 0) is 49.9 Å². The van der Waals surface area contributed by atoms with Gasteiger partial charge in [-0.15, -0.1) is 0 Å². The van der Waals surface area contributed by atoms with Gasteiger partial charge in [0.1, 0.15) is 5.82 Å². The molecule has 0 fully saturated rings. The summed E-state index contributed by atoms with van der Waals surface area (Å²) in [6.45, 7) is 3.70. The van der Waals surface area contributed by atoms with E-state index in [4.69, 9.17) is 5.11 Å². The number of sulfonamides is 1. The third kappa shape index (κ3) is 4.85. The molecule has 1 aromatic rings. The lowest BCUT2D eigenvalue weighted by Gasteiger charge is -2.12. The Morgan fingerprint density at radius 2 is 1.65 bits per heavy atom. The van der Waals surface area contributed by atoms with Crippen molar-refractivity contribution in [1.29, 1.82) is 0 Å². The molecule has 20 heavy (non-hydrogen) atoms. The van der Waals surface area contributed by atoms with Gasteiger partial charge < -0.3 is 5.11 Å². The Hall–Kier alpha value is -0.980. The molecule has 0 aliphatic heterocycles. The van der Waals surface area contributed by atoms with E-state index in [0.29, 0.717) is 17.7 Å². The minimum absolute atomic E-state index is 0.161. The second-order valence-corrected chi connectivity index (χ2v) is 6.61. The Balaban J connectivity index is 2.66. The monoisotopic (exact) mass is 303 g/mol. The number of benzene rings is 1. The summed E-state index contributed by atoms with van der Waals surface area (Å²) in [4.78, 5) is 0.161. The van der Waals surface area contributed by atoms with E-state index < -0.39 is 15.8 Å². The number of aryl methyl sites for hydroxylation is 2. The van der Waals surface area contributed by atoms with Crippen molar-refractivity contribution >= 4 is 10.0 Å². The predicted molar refractivity (Wildman–Crippen MR) is 76.6 cm³/mol. The van der Waals surface area contributed by atoms with Crippen LogP contribution in [0.1, 0.15) is 36.8 Å². The van der Waals surface area contributed by atoms with Gasteiger partial charge in [-0.2, -0.15) is 0 Å². The first kappa shape index (κ1) is 17.1. The summed E-state index contributed by atoms with van der Waals surface area (Å²) in [5.41, 5.74) is 0.825. The lowest BCUT2D eigenvalue weighted by molar-refractivity contribution is 0.282. The van der Waals surface area contributed by atoms with Crippen molar-refractivity contribution in [3.8, 4) is 0 Å². The minimum Gasteiger partial charge on any atom is -0.396 e. The normalized spacial score (nSPS) is 11.8. The molecule has 0 aliphatic rings. The first-order valence-corrected chi connectivity index (χ1v) is 8.24. The number of hydrogen-bond acceptors (Lipinski definition) is 3. The summed E-state index contributed by atoms with van der Waals surface area (Å²) in [6.07, 6.45) is 3.21. The average Bonchev–Trinajstić information content (AvgIpc) is 2.31. The standard InChI is InChI=1S/C14H22FNO3S/c1-11-9-13(15)10-12(2)14(11)20(18,19)16-7-5-3-4-6-8-17/h9-10,16-17H,3-8H2,1-2H3. The maximum atomic E-state index is 13.2. The second kappa shape index (κ2) is 7.71. The van der Waals surface area contributed by atoms with E-state index in [1.54, 1.807) is 13.8 Å². The molecule has 0 saturated heterocycles. The molecule has 0 saturated carbocycles. The Bertz CT molecular complexity index is 520. The van der Waals surface area contributed by atoms with Crippen molar-refractivity contribution in [2.75, 3.05) is 13.2 Å². The van der Waals surface area contributed by atoms with Gasteiger partial charge in [-0.1, -0.05) is 12.8 Å². The van der Waals surface area contributed by atoms with Crippen molar-refractivity contribution in [2.24, 2.45) is 0 Å². The third-order valence-electron chi connectivity index (χ3n) is 3.07. The SMILES string of the molecule is Cc1cc(F)cc(C)c1S(=O)(=O)NCCCCCCO. The van der Waals surface area contributed by atoms with Gasteiger partial charge in [-0.25, -0.2) is 17.5 Å². The lowest BCUT2D eigenvalue weighted by Crippen LogP contribution is -2.26. The molecule has 1 rings (SSSR count). The number of unbranched alkanes of at least 4 members (excludes halogenated alkanes) is 3. The quantitative estimate of drug-likeness (QED) is 0.724. The van der Waals surface area contributed by atoms with Crippen LogP contribution < -0.4 is 4.72 Å². The highest BCUT2D eigenvalue weighted by molar-refractivity contribution is 7.89. The number of aliphatic hydroxyl groups is 1. The summed E-state index contributed by atoms with van der Waals surface area (Å²) in [5.74, 6) is -0.428. The van der Waals surface area contributed by atoms with Crippen molar-refractivity contribution in [3.63, 3.8) is 0 Å². The van der Waals surface area contributed by atoms with Crippen LogP contribution in [0.15, 0.2) is 17.0 Å². The molecular formula is C14H22FNO3S. The fourth-order valence-electron chi connectivity index (χ4n) is 2.19. The van der Waals surface area contributed by atoms with Gasteiger partial charge in [0.2, 0.25) is 10.0 Å². The summed E-state index contributed by atoms with van der Waals surface area (Å²) >= 11 is 0. The Morgan fingerprint density at radius 1 is 1.10 bits per heavy atom. The number of rotatable bonds is 8. The fraction of sp³-hybridized carbons (Fsp3) is 0.571. The number of hydrogen-bond donors (Lipinski definition) is 2. The van der Waals surface area contributed by atoms with Crippen LogP contribution >= 0.6 is 0 Å². The predicted octanol–water partition coefficient (Wildman–Crippen LogP) is 2.27. The summed E-state index contributed by atoms with van der Waals surface area (Å²) in [5, 5.41) is 8.64. The van der Waals surface area contributed by atoms with E-state index in [1.165, 1.54) is 12.1 Å². The van der Waals surface area contributed by atoms with Gasteiger partial charge in [0.15, 0.2) is 0 Å². The van der Waals surface area contributed by atoms with Gasteiger partial charge >= 0.3 is 0 Å². The molecule has 0 aromatic heterocycles. The van der Waals surface area contributed by atoms with Crippen LogP contribution in [0.3, 0.4) is 0 Å². The largest absolute Gasteiger partial charge is 0.396 e. The highest BCUT2D eigenvalue weighted by Gasteiger charge is 2.19. The van der Waals surface area contributed by atoms with Crippen LogP contribution in [0.5, 0.6) is 0 Å². The Morgan fingerprint density at radius 3 is 2.20 bits per heavy atom. The van der Waals surface area contributed by atoms with Crippen LogP contribution in [0.2, 0.25) is 0 Å². The average molecular weight is 303 g/mol. The maximum Gasteiger partial charge on any atom is 0.241 e. The van der Waals surface area contributed by atoms with Crippen molar-refractivity contribution in [2.45, 2.75) is 44.4 Å². The van der Waals surface area contributed by atoms with Gasteiger partial charge in [0, 0.05) is 13.2 Å². The number of halogens is 1. The zero-order valence-corrected chi connectivity index (χ0v) is 12.8. The lowest BCUT2D eigenvalue weighted by atomic mass is 10.1. The van der Waals surface area contributed by atoms with Crippen LogP contribution in [0, 0.1) is 19.7 Å². The van der Waals surface area contributed by atoms with E-state index in [9.17, 15) is 12.8 Å². The summed E-state index contributed by atoms with van der Waals surface area (Å²) < 4.78 is 40.1. The van der Waals surface area contributed by atoms with Crippen LogP contribution in [0.4, 0.5) is 4.39 Å². The number of nitrogens with one attached hydrogen (secondary N) is 1. The molecule has 0 unspecified atom stereocenters. The van der Waals surface area contributed by atoms with Gasteiger partial charge in [0.25, 0.3) is 0 Å². The summed E-state index contributed by atoms with van der Waals surface area (Å²) in [6, 6.07) is 2.45. The molecule has 4 nitrogen and oxygen atoms in total. The van der Waals surface area contributed by atoms with Crippen molar-refractivity contribution in [1.82, 2.24) is 4.72 Å². The second-order valence-electron chi connectivity index (χ2n) is 4.90. The van der Waals surface area contributed by atoms with Gasteiger partial charge in [0.05, 0.1) is 4.90 Å². The molecule has 6 heteroatoms. The Kier molecular flexibility index (Phi) is 6.58. The molecule has 0 aliphatic carbocycles. The van der Waals surface area contributed by atoms with E-state index in [-0.39, 0.29) is 11.5 Å². The van der Waals surface area contributed by atoms with Crippen LogP contribution in [-0.2, 0) is 10.0 Å². The molecular weight excluding hydrogens is 281 g/mol. The molecule has 2 N–H and O–H groups in total. The first-order valence-electron chi connectivity index (χ1n) is 6.76. The number of aliphatic hydroxyl groups excluding tert-OH is 1. The minimum atomic E-state index is -3.60.